The number of fused-ring (bicyclic) bond motifs is 1. The van der Waals surface area contributed by atoms with E-state index >= 15 is 0 Å². The third kappa shape index (κ3) is 5.92. The summed E-state index contributed by atoms with van der Waals surface area (Å²) >= 11 is 1.57. The topological polar surface area (TPSA) is 81.1 Å². The van der Waals surface area contributed by atoms with E-state index in [1.165, 1.54) is 5.56 Å². The van der Waals surface area contributed by atoms with Crippen LogP contribution in [0, 0.1) is 0 Å². The van der Waals surface area contributed by atoms with E-state index in [-0.39, 0.29) is 5.91 Å². The Morgan fingerprint density at radius 2 is 1.74 bits per heavy atom. The van der Waals surface area contributed by atoms with Crippen molar-refractivity contribution < 1.29 is 9.53 Å². The lowest BCUT2D eigenvalue weighted by atomic mass is 9.95. The van der Waals surface area contributed by atoms with Crippen molar-refractivity contribution in [1.82, 2.24) is 14.8 Å². The van der Waals surface area contributed by atoms with Crippen LogP contribution in [0.5, 0.6) is 5.75 Å². The number of para-hydroxylation sites is 1. The van der Waals surface area contributed by atoms with E-state index in [1.54, 1.807) is 11.8 Å². The molecule has 5 rings (SSSR count). The molecule has 0 fully saturated rings. The Balaban J connectivity index is 1.46. The van der Waals surface area contributed by atoms with Gasteiger partial charge in [0.2, 0.25) is 11.1 Å². The average molecular weight is 526 g/mol. The molecule has 2 N–H and O–H groups in total. The van der Waals surface area contributed by atoms with Gasteiger partial charge in [-0.15, -0.1) is 5.10 Å². The van der Waals surface area contributed by atoms with E-state index in [1.807, 2.05) is 84.4 Å². The van der Waals surface area contributed by atoms with Crippen LogP contribution in [0.15, 0.2) is 101 Å². The van der Waals surface area contributed by atoms with Crippen molar-refractivity contribution in [2.24, 2.45) is 0 Å². The number of carbonyl (C=O) groups excluding carboxylic acids is 1. The number of hydrogen-bond acceptors (Lipinski definition) is 6. The maximum atomic E-state index is 13.6. The Morgan fingerprint density at radius 3 is 2.45 bits per heavy atom. The van der Waals surface area contributed by atoms with Gasteiger partial charge in [0, 0.05) is 17.1 Å². The highest BCUT2D eigenvalue weighted by Gasteiger charge is 2.34. The number of allylic oxidation sites excluding steroid dienone is 1. The maximum Gasteiger partial charge on any atom is 0.255 e. The summed E-state index contributed by atoms with van der Waals surface area (Å²) in [5.41, 5.74) is 4.19. The van der Waals surface area contributed by atoms with Crippen molar-refractivity contribution >= 4 is 29.3 Å². The molecule has 0 spiro atoms. The maximum absolute atomic E-state index is 13.6. The molecule has 1 amide bonds. The van der Waals surface area contributed by atoms with E-state index < -0.39 is 6.04 Å². The van der Waals surface area contributed by atoms with Gasteiger partial charge in [-0.1, -0.05) is 85.8 Å². The van der Waals surface area contributed by atoms with E-state index in [0.29, 0.717) is 23.3 Å². The lowest BCUT2D eigenvalue weighted by Crippen LogP contribution is -2.31. The van der Waals surface area contributed by atoms with Crippen molar-refractivity contribution in [3.8, 4) is 5.75 Å². The molecule has 1 aliphatic heterocycles. The van der Waals surface area contributed by atoms with Crippen molar-refractivity contribution in [3.05, 3.63) is 107 Å². The first-order valence-electron chi connectivity index (χ1n) is 12.8. The first-order chi connectivity index (χ1) is 18.6. The van der Waals surface area contributed by atoms with E-state index in [9.17, 15) is 4.79 Å². The molecule has 3 aromatic carbocycles. The largest absolute Gasteiger partial charge is 0.494 e. The zero-order chi connectivity index (χ0) is 26.3. The predicted octanol–water partition coefficient (Wildman–Crippen LogP) is 6.68. The van der Waals surface area contributed by atoms with Gasteiger partial charge in [0.05, 0.1) is 12.2 Å². The Labute approximate surface area is 227 Å². The number of hydrogen-bond donors (Lipinski definition) is 2. The number of rotatable bonds is 10. The summed E-state index contributed by atoms with van der Waals surface area (Å²) in [6.07, 6.45) is 2.09. The Bertz CT molecular complexity index is 1400. The summed E-state index contributed by atoms with van der Waals surface area (Å²) in [4.78, 5) is 18.4. The first kappa shape index (κ1) is 25.6. The van der Waals surface area contributed by atoms with Crippen molar-refractivity contribution in [1.29, 1.82) is 0 Å². The van der Waals surface area contributed by atoms with Crippen LogP contribution in [0.25, 0.3) is 0 Å². The second kappa shape index (κ2) is 12.0. The molecule has 0 saturated carbocycles. The molecule has 0 radical (unpaired) electrons. The molecule has 0 aliphatic carbocycles. The van der Waals surface area contributed by atoms with Gasteiger partial charge in [-0.3, -0.25) is 4.79 Å². The van der Waals surface area contributed by atoms with Gasteiger partial charge in [0.15, 0.2) is 0 Å². The van der Waals surface area contributed by atoms with E-state index in [2.05, 4.69) is 29.7 Å². The molecule has 4 aromatic rings. The first-order valence-corrected chi connectivity index (χ1v) is 13.8. The number of carbonyl (C=O) groups is 1. The molecule has 194 valence electrons. The zero-order valence-corrected chi connectivity index (χ0v) is 22.4. The monoisotopic (exact) mass is 525 g/mol. The summed E-state index contributed by atoms with van der Waals surface area (Å²) in [5.74, 6) is 1.99. The molecular weight excluding hydrogens is 494 g/mol. The van der Waals surface area contributed by atoms with Gasteiger partial charge in [-0.05, 0) is 48.7 Å². The smallest absolute Gasteiger partial charge is 0.255 e. The summed E-state index contributed by atoms with van der Waals surface area (Å²) < 4.78 is 7.68. The molecular formula is C30H31N5O2S. The molecule has 1 atom stereocenters. The lowest BCUT2D eigenvalue weighted by molar-refractivity contribution is -0.113. The standard InChI is InChI=1S/C30H31N5O2S/c1-3-4-19-37-25-17-15-23(16-18-25)27-26(28(36)32-24-13-9-6-10-14-24)21(2)31-29-33-30(34-35(27)29)38-20-22-11-7-5-8-12-22/h5-18,27H,3-4,19-20H2,1-2H3,(H,32,36)(H,31,33,34). The van der Waals surface area contributed by atoms with Crippen LogP contribution in [-0.4, -0.2) is 27.3 Å². The summed E-state index contributed by atoms with van der Waals surface area (Å²) in [6.45, 7) is 4.73. The van der Waals surface area contributed by atoms with Crippen LogP contribution in [0.4, 0.5) is 11.6 Å². The fourth-order valence-electron chi connectivity index (χ4n) is 4.32. The minimum atomic E-state index is -0.446. The van der Waals surface area contributed by atoms with Crippen molar-refractivity contribution in [2.75, 3.05) is 17.2 Å². The van der Waals surface area contributed by atoms with Gasteiger partial charge in [0.1, 0.15) is 11.8 Å². The van der Waals surface area contributed by atoms with Crippen molar-refractivity contribution in [3.63, 3.8) is 0 Å². The minimum absolute atomic E-state index is 0.186. The number of nitrogens with one attached hydrogen (secondary N) is 2. The molecule has 8 heteroatoms. The normalized spacial score (nSPS) is 14.5. The second-order valence-electron chi connectivity index (χ2n) is 9.09. The van der Waals surface area contributed by atoms with Gasteiger partial charge >= 0.3 is 0 Å². The van der Waals surface area contributed by atoms with Crippen LogP contribution in [-0.2, 0) is 10.5 Å². The minimum Gasteiger partial charge on any atom is -0.494 e. The number of unbranched alkanes of at least 4 members (excludes halogenated alkanes) is 1. The SMILES string of the molecule is CCCCOc1ccc(C2C(C(=O)Nc3ccccc3)=C(C)Nc3nc(SCc4ccccc4)nn32)cc1. The van der Waals surface area contributed by atoms with Crippen LogP contribution < -0.4 is 15.4 Å². The molecule has 0 saturated heterocycles. The highest BCUT2D eigenvalue weighted by Crippen LogP contribution is 2.37. The third-order valence-corrected chi connectivity index (χ3v) is 7.19. The van der Waals surface area contributed by atoms with Gasteiger partial charge in [-0.2, -0.15) is 4.98 Å². The summed E-state index contributed by atoms with van der Waals surface area (Å²) in [7, 11) is 0. The number of amides is 1. The summed E-state index contributed by atoms with van der Waals surface area (Å²) in [5, 5.41) is 11.8. The highest BCUT2D eigenvalue weighted by molar-refractivity contribution is 7.98. The average Bonchev–Trinajstić information content (AvgIpc) is 3.35. The highest BCUT2D eigenvalue weighted by atomic mass is 32.2. The summed E-state index contributed by atoms with van der Waals surface area (Å²) in [6, 6.07) is 27.2. The second-order valence-corrected chi connectivity index (χ2v) is 10.0. The Kier molecular flexibility index (Phi) is 8.09. The number of anilines is 2. The molecule has 1 unspecified atom stereocenters. The molecule has 7 nitrogen and oxygen atoms in total. The zero-order valence-electron chi connectivity index (χ0n) is 21.6. The third-order valence-electron chi connectivity index (χ3n) is 6.28. The van der Waals surface area contributed by atoms with Crippen LogP contribution >= 0.6 is 11.8 Å². The number of ether oxygens (including phenoxy) is 1. The predicted molar refractivity (Wildman–Crippen MR) is 152 cm³/mol. The van der Waals surface area contributed by atoms with Crippen LogP contribution in [0.3, 0.4) is 0 Å². The Hall–Kier alpha value is -4.04. The van der Waals surface area contributed by atoms with Crippen LogP contribution in [0.2, 0.25) is 0 Å². The lowest BCUT2D eigenvalue weighted by Gasteiger charge is -2.28. The van der Waals surface area contributed by atoms with Gasteiger partial charge < -0.3 is 15.4 Å². The number of nitrogens with zero attached hydrogens (tertiary/aromatic N) is 3. The fraction of sp³-hybridized carbons (Fsp3) is 0.233. The Morgan fingerprint density at radius 1 is 1.03 bits per heavy atom. The van der Waals surface area contributed by atoms with Gasteiger partial charge in [0.25, 0.3) is 5.91 Å². The van der Waals surface area contributed by atoms with Gasteiger partial charge in [-0.25, -0.2) is 4.68 Å². The van der Waals surface area contributed by atoms with E-state index in [4.69, 9.17) is 14.8 Å². The number of thioether (sulfide) groups is 1. The fourth-order valence-corrected chi connectivity index (χ4v) is 5.10. The number of benzene rings is 3. The van der Waals surface area contributed by atoms with Crippen molar-refractivity contribution in [2.45, 2.75) is 43.6 Å². The number of aromatic nitrogens is 3. The van der Waals surface area contributed by atoms with E-state index in [0.717, 1.165) is 41.3 Å². The quantitative estimate of drug-likeness (QED) is 0.178. The molecule has 2 heterocycles. The van der Waals surface area contributed by atoms with Crippen LogP contribution in [0.1, 0.15) is 43.9 Å². The molecule has 0 bridgehead atoms. The molecule has 1 aliphatic rings. The molecule has 38 heavy (non-hydrogen) atoms. The molecule has 1 aromatic heterocycles.